The molecule has 1 atom stereocenters. The topological polar surface area (TPSA) is 58.6 Å². The van der Waals surface area contributed by atoms with Gasteiger partial charge in [0.2, 0.25) is 11.8 Å². The number of hydrogen-bond acceptors (Lipinski definition) is 3. The quantitative estimate of drug-likeness (QED) is 0.819. The van der Waals surface area contributed by atoms with Crippen molar-refractivity contribution >= 4 is 11.8 Å². The molecule has 0 aromatic heterocycles. The van der Waals surface area contributed by atoms with E-state index < -0.39 is 0 Å². The van der Waals surface area contributed by atoms with Crippen LogP contribution in [-0.2, 0) is 14.3 Å². The van der Waals surface area contributed by atoms with Crippen molar-refractivity contribution in [3.63, 3.8) is 0 Å². The van der Waals surface area contributed by atoms with E-state index in [1.165, 1.54) is 0 Å². The van der Waals surface area contributed by atoms with Gasteiger partial charge in [0.25, 0.3) is 0 Å². The Morgan fingerprint density at radius 2 is 2.05 bits per heavy atom. The van der Waals surface area contributed by atoms with E-state index in [-0.39, 0.29) is 23.5 Å². The molecular formula is C14H26N2O3. The van der Waals surface area contributed by atoms with E-state index in [0.717, 1.165) is 6.42 Å². The summed E-state index contributed by atoms with van der Waals surface area (Å²) in [5, 5.41) is 2.80. The molecule has 110 valence electrons. The second-order valence-electron chi connectivity index (χ2n) is 5.94. The van der Waals surface area contributed by atoms with Gasteiger partial charge in [0.15, 0.2) is 0 Å². The van der Waals surface area contributed by atoms with E-state index in [0.29, 0.717) is 32.5 Å². The second kappa shape index (κ2) is 6.89. The van der Waals surface area contributed by atoms with Crippen LogP contribution in [0.15, 0.2) is 0 Å². The number of nitrogens with zero attached hydrogens (tertiary/aromatic N) is 1. The zero-order chi connectivity index (χ0) is 14.5. The Labute approximate surface area is 115 Å². The summed E-state index contributed by atoms with van der Waals surface area (Å²) < 4.78 is 5.64. The van der Waals surface area contributed by atoms with Crippen molar-refractivity contribution in [2.24, 2.45) is 0 Å². The summed E-state index contributed by atoms with van der Waals surface area (Å²) in [7, 11) is 0. The maximum absolute atomic E-state index is 12.3. The molecule has 0 aromatic rings. The Kier molecular flexibility index (Phi) is 5.79. The second-order valence-corrected chi connectivity index (χ2v) is 5.94. The third-order valence-corrected chi connectivity index (χ3v) is 3.03. The van der Waals surface area contributed by atoms with E-state index in [2.05, 4.69) is 5.32 Å². The average molecular weight is 270 g/mol. The van der Waals surface area contributed by atoms with Crippen molar-refractivity contribution in [3.8, 4) is 0 Å². The van der Waals surface area contributed by atoms with Crippen LogP contribution < -0.4 is 5.32 Å². The SMILES string of the molecule is CCCC1NC(=O)CCN(CCOC(C)(C)C)C1=O. The lowest BCUT2D eigenvalue weighted by Gasteiger charge is -2.26. The van der Waals surface area contributed by atoms with Crippen molar-refractivity contribution < 1.29 is 14.3 Å². The molecule has 0 aliphatic carbocycles. The summed E-state index contributed by atoms with van der Waals surface area (Å²) >= 11 is 0. The molecule has 5 nitrogen and oxygen atoms in total. The molecular weight excluding hydrogens is 244 g/mol. The molecule has 1 saturated heterocycles. The highest BCUT2D eigenvalue weighted by atomic mass is 16.5. The van der Waals surface area contributed by atoms with E-state index in [1.54, 1.807) is 4.90 Å². The molecule has 1 aliphatic heterocycles. The van der Waals surface area contributed by atoms with Crippen molar-refractivity contribution in [1.82, 2.24) is 10.2 Å². The first-order valence-corrected chi connectivity index (χ1v) is 7.05. The molecule has 5 heteroatoms. The van der Waals surface area contributed by atoms with E-state index in [9.17, 15) is 9.59 Å². The predicted octanol–water partition coefficient (Wildman–Crippen LogP) is 1.32. The van der Waals surface area contributed by atoms with Gasteiger partial charge in [0.05, 0.1) is 12.2 Å². The van der Waals surface area contributed by atoms with Crippen LogP contribution in [0.1, 0.15) is 47.0 Å². The third kappa shape index (κ3) is 5.59. The largest absolute Gasteiger partial charge is 0.374 e. The molecule has 1 unspecified atom stereocenters. The first-order valence-electron chi connectivity index (χ1n) is 7.05. The molecule has 0 bridgehead atoms. The van der Waals surface area contributed by atoms with Gasteiger partial charge in [-0.25, -0.2) is 0 Å². The molecule has 0 spiro atoms. The Morgan fingerprint density at radius 3 is 2.63 bits per heavy atom. The summed E-state index contributed by atoms with van der Waals surface area (Å²) in [6.07, 6.45) is 1.95. The lowest BCUT2D eigenvalue weighted by molar-refractivity contribution is -0.135. The third-order valence-electron chi connectivity index (χ3n) is 3.03. The van der Waals surface area contributed by atoms with Crippen LogP contribution in [0.2, 0.25) is 0 Å². The lowest BCUT2D eigenvalue weighted by Crippen LogP contribution is -2.45. The van der Waals surface area contributed by atoms with Gasteiger partial charge in [0, 0.05) is 19.5 Å². The first-order chi connectivity index (χ1) is 8.83. The fourth-order valence-electron chi connectivity index (χ4n) is 2.06. The smallest absolute Gasteiger partial charge is 0.245 e. The minimum atomic E-state index is -0.366. The van der Waals surface area contributed by atoms with Crippen molar-refractivity contribution in [2.45, 2.75) is 58.6 Å². The Morgan fingerprint density at radius 1 is 1.37 bits per heavy atom. The molecule has 0 aromatic carbocycles. The molecule has 1 fully saturated rings. The molecule has 0 radical (unpaired) electrons. The summed E-state index contributed by atoms with van der Waals surface area (Å²) in [6.45, 7) is 9.51. The monoisotopic (exact) mass is 270 g/mol. The fourth-order valence-corrected chi connectivity index (χ4v) is 2.06. The van der Waals surface area contributed by atoms with Crippen molar-refractivity contribution in [2.75, 3.05) is 19.7 Å². The number of amides is 2. The maximum atomic E-state index is 12.3. The highest BCUT2D eigenvalue weighted by molar-refractivity contribution is 5.89. The normalized spacial score (nSPS) is 21.3. The van der Waals surface area contributed by atoms with Crippen LogP contribution >= 0.6 is 0 Å². The van der Waals surface area contributed by atoms with Crippen LogP contribution in [0.25, 0.3) is 0 Å². The number of nitrogens with one attached hydrogen (secondary N) is 1. The van der Waals surface area contributed by atoms with Gasteiger partial charge in [0.1, 0.15) is 6.04 Å². The molecule has 19 heavy (non-hydrogen) atoms. The van der Waals surface area contributed by atoms with Gasteiger partial charge in [-0.2, -0.15) is 0 Å². The minimum Gasteiger partial charge on any atom is -0.374 e. The Hall–Kier alpha value is -1.10. The zero-order valence-corrected chi connectivity index (χ0v) is 12.5. The molecule has 1 rings (SSSR count). The molecule has 1 N–H and O–H groups in total. The summed E-state index contributed by atoms with van der Waals surface area (Å²) in [5.41, 5.74) is -0.203. The van der Waals surface area contributed by atoms with Crippen LogP contribution in [-0.4, -0.2) is 48.1 Å². The fraction of sp³-hybridized carbons (Fsp3) is 0.857. The minimum absolute atomic E-state index is 0.0187. The van der Waals surface area contributed by atoms with Crippen LogP contribution in [0.4, 0.5) is 0 Å². The molecule has 2 amide bonds. The van der Waals surface area contributed by atoms with Crippen LogP contribution in [0.3, 0.4) is 0 Å². The van der Waals surface area contributed by atoms with Gasteiger partial charge in [-0.3, -0.25) is 9.59 Å². The number of rotatable bonds is 5. The number of carbonyl (C=O) groups is 2. The van der Waals surface area contributed by atoms with Crippen LogP contribution in [0.5, 0.6) is 0 Å². The molecule has 1 heterocycles. The van der Waals surface area contributed by atoms with Crippen LogP contribution in [0, 0.1) is 0 Å². The number of ether oxygens (including phenoxy) is 1. The summed E-state index contributed by atoms with van der Waals surface area (Å²) in [6, 6.07) is -0.366. The lowest BCUT2D eigenvalue weighted by atomic mass is 10.1. The highest BCUT2D eigenvalue weighted by Crippen LogP contribution is 2.10. The van der Waals surface area contributed by atoms with Crippen molar-refractivity contribution in [1.29, 1.82) is 0 Å². The highest BCUT2D eigenvalue weighted by Gasteiger charge is 2.29. The van der Waals surface area contributed by atoms with Gasteiger partial charge in [-0.05, 0) is 27.2 Å². The van der Waals surface area contributed by atoms with Crippen molar-refractivity contribution in [3.05, 3.63) is 0 Å². The Bertz CT molecular complexity index is 323. The van der Waals surface area contributed by atoms with Gasteiger partial charge < -0.3 is 15.0 Å². The standard InChI is InChI=1S/C14H26N2O3/c1-5-6-11-13(18)16(8-7-12(17)15-11)9-10-19-14(2,3)4/h11H,5-10H2,1-4H3,(H,15,17). The average Bonchev–Trinajstić information content (AvgIpc) is 2.41. The van der Waals surface area contributed by atoms with Gasteiger partial charge in [-0.1, -0.05) is 13.3 Å². The van der Waals surface area contributed by atoms with Gasteiger partial charge in [-0.15, -0.1) is 0 Å². The molecule has 1 aliphatic rings. The van der Waals surface area contributed by atoms with Gasteiger partial charge >= 0.3 is 0 Å². The van der Waals surface area contributed by atoms with E-state index in [4.69, 9.17) is 4.74 Å². The zero-order valence-electron chi connectivity index (χ0n) is 12.5. The molecule has 0 saturated carbocycles. The maximum Gasteiger partial charge on any atom is 0.245 e. The summed E-state index contributed by atoms with van der Waals surface area (Å²) in [4.78, 5) is 25.6. The Balaban J connectivity index is 2.55. The van der Waals surface area contributed by atoms with E-state index in [1.807, 2.05) is 27.7 Å². The van der Waals surface area contributed by atoms with E-state index >= 15 is 0 Å². The number of hydrogen-bond donors (Lipinski definition) is 1. The predicted molar refractivity (Wildman–Crippen MR) is 73.7 cm³/mol. The number of carbonyl (C=O) groups excluding carboxylic acids is 2. The summed E-state index contributed by atoms with van der Waals surface area (Å²) in [5.74, 6) is -0.0174. The first kappa shape index (κ1) is 16.0.